The van der Waals surface area contributed by atoms with Crippen LogP contribution in [0.3, 0.4) is 0 Å². The summed E-state index contributed by atoms with van der Waals surface area (Å²) in [4.78, 5) is 33.7. The maximum absolute atomic E-state index is 11.1. The first kappa shape index (κ1) is 30.2. The summed E-state index contributed by atoms with van der Waals surface area (Å²) < 4.78 is 2.14. The fourth-order valence-electron chi connectivity index (χ4n) is 5.18. The van der Waals surface area contributed by atoms with E-state index >= 15 is 0 Å². The number of benzene rings is 1. The van der Waals surface area contributed by atoms with Gasteiger partial charge in [-0.1, -0.05) is 43.5 Å². The van der Waals surface area contributed by atoms with Crippen molar-refractivity contribution in [3.8, 4) is 22.8 Å². The number of aliphatic imine (C=N–C) groups is 1. The van der Waals surface area contributed by atoms with Crippen molar-refractivity contribution < 1.29 is 15.0 Å². The number of carbonyl (C=O) groups excluding carboxylic acids is 1. The van der Waals surface area contributed by atoms with Crippen LogP contribution in [0.25, 0.3) is 33.9 Å². The Hall–Kier alpha value is -3.73. The van der Waals surface area contributed by atoms with Crippen LogP contribution in [0.2, 0.25) is 5.02 Å². The number of halogens is 1. The Balaban J connectivity index is 0.00000189. The molecule has 0 radical (unpaired) electrons. The standard InChI is InChI=1S/C29H32ClN7O2.CH4O/c1-17-7-9-18(10-8-17)15-37-24-23(19-5-4-6-21(30)13-19)34-27(25(31)33-16-38)35-26(24)36-28(37)22-14-20(11-12-32-22)29(2,3)39;1-2/h4-6,11-14,16-18,39H,7-10,15H2,1-3H3,(H2,31,33,38);2H,1H3. The third-order valence-electron chi connectivity index (χ3n) is 7.39. The predicted molar refractivity (Wildman–Crippen MR) is 160 cm³/mol. The Kier molecular flexibility index (Phi) is 9.47. The van der Waals surface area contributed by atoms with Gasteiger partial charge in [0.1, 0.15) is 16.9 Å². The van der Waals surface area contributed by atoms with Gasteiger partial charge in [-0.15, -0.1) is 0 Å². The van der Waals surface area contributed by atoms with Crippen molar-refractivity contribution in [1.82, 2.24) is 24.5 Å². The van der Waals surface area contributed by atoms with Gasteiger partial charge in [0.05, 0.1) is 5.60 Å². The third kappa shape index (κ3) is 6.78. The van der Waals surface area contributed by atoms with E-state index in [1.54, 1.807) is 32.2 Å². The van der Waals surface area contributed by atoms with Gasteiger partial charge in [0.2, 0.25) is 6.41 Å². The molecule has 10 nitrogen and oxygen atoms in total. The number of hydrogen-bond donors (Lipinski definition) is 3. The first-order chi connectivity index (χ1) is 19.6. The lowest BCUT2D eigenvalue weighted by Crippen LogP contribution is -2.20. The number of amides is 1. The number of aliphatic hydroxyl groups is 2. The molecule has 0 atom stereocenters. The molecule has 4 aromatic rings. The number of amidine groups is 1. The second-order valence-electron chi connectivity index (χ2n) is 10.9. The van der Waals surface area contributed by atoms with Gasteiger partial charge in [-0.2, -0.15) is 4.99 Å². The zero-order chi connectivity index (χ0) is 29.7. The van der Waals surface area contributed by atoms with Crippen molar-refractivity contribution in [1.29, 1.82) is 0 Å². The first-order valence-electron chi connectivity index (χ1n) is 13.6. The molecule has 0 aliphatic heterocycles. The summed E-state index contributed by atoms with van der Waals surface area (Å²) in [5, 5.41) is 18.2. The van der Waals surface area contributed by atoms with E-state index in [-0.39, 0.29) is 11.7 Å². The summed E-state index contributed by atoms with van der Waals surface area (Å²) in [6.45, 7) is 6.49. The van der Waals surface area contributed by atoms with Gasteiger partial charge >= 0.3 is 0 Å². The van der Waals surface area contributed by atoms with Crippen LogP contribution in [0.4, 0.5) is 0 Å². The maximum Gasteiger partial charge on any atom is 0.234 e. The summed E-state index contributed by atoms with van der Waals surface area (Å²) in [7, 11) is 1.00. The number of pyridine rings is 1. The normalized spacial score (nSPS) is 17.7. The lowest BCUT2D eigenvalue weighted by Gasteiger charge is -2.27. The fourth-order valence-corrected chi connectivity index (χ4v) is 5.37. The van der Waals surface area contributed by atoms with E-state index in [1.807, 2.05) is 24.3 Å². The highest BCUT2D eigenvalue weighted by Gasteiger charge is 2.27. The van der Waals surface area contributed by atoms with Crippen LogP contribution in [0.5, 0.6) is 0 Å². The number of carbonyl (C=O) groups is 1. The van der Waals surface area contributed by atoms with Gasteiger partial charge in [-0.3, -0.25) is 9.78 Å². The van der Waals surface area contributed by atoms with Crippen LogP contribution in [-0.4, -0.2) is 54.1 Å². The van der Waals surface area contributed by atoms with E-state index in [4.69, 9.17) is 32.4 Å². The molecular weight excluding hydrogens is 542 g/mol. The van der Waals surface area contributed by atoms with Crippen molar-refractivity contribution in [3.63, 3.8) is 0 Å². The van der Waals surface area contributed by atoms with Crippen LogP contribution >= 0.6 is 11.6 Å². The Labute approximate surface area is 244 Å². The molecule has 1 amide bonds. The molecule has 1 aromatic carbocycles. The van der Waals surface area contributed by atoms with E-state index in [0.29, 0.717) is 46.8 Å². The second-order valence-corrected chi connectivity index (χ2v) is 11.3. The summed E-state index contributed by atoms with van der Waals surface area (Å²) in [6, 6.07) is 11.0. The summed E-state index contributed by atoms with van der Waals surface area (Å²) in [5.41, 5.74) is 8.83. The molecule has 0 spiro atoms. The van der Waals surface area contributed by atoms with Crippen molar-refractivity contribution in [3.05, 3.63) is 59.0 Å². The number of nitrogens with two attached hydrogens (primary N) is 1. The van der Waals surface area contributed by atoms with E-state index in [0.717, 1.165) is 42.5 Å². The molecule has 5 rings (SSSR count). The molecule has 0 saturated heterocycles. The molecule has 11 heteroatoms. The molecular formula is C30H36ClN7O3. The summed E-state index contributed by atoms with van der Waals surface area (Å²) >= 11 is 6.37. The molecule has 216 valence electrons. The van der Waals surface area contributed by atoms with E-state index < -0.39 is 5.60 Å². The van der Waals surface area contributed by atoms with Gasteiger partial charge < -0.3 is 20.5 Å². The topological polar surface area (TPSA) is 152 Å². The van der Waals surface area contributed by atoms with Crippen LogP contribution in [-0.2, 0) is 16.9 Å². The molecule has 1 fully saturated rings. The highest BCUT2D eigenvalue weighted by Crippen LogP contribution is 2.36. The molecule has 3 aromatic heterocycles. The molecule has 1 saturated carbocycles. The smallest absolute Gasteiger partial charge is 0.234 e. The molecule has 1 aliphatic carbocycles. The zero-order valence-corrected chi connectivity index (χ0v) is 24.5. The van der Waals surface area contributed by atoms with Gasteiger partial charge in [0, 0.05) is 30.4 Å². The number of aliphatic hydroxyl groups excluding tert-OH is 1. The maximum atomic E-state index is 11.1. The number of fused-ring (bicyclic) bond motifs is 1. The van der Waals surface area contributed by atoms with E-state index in [9.17, 15) is 9.90 Å². The second kappa shape index (κ2) is 12.8. The van der Waals surface area contributed by atoms with Gasteiger partial charge in [0.15, 0.2) is 23.1 Å². The molecule has 1 aliphatic rings. The minimum Gasteiger partial charge on any atom is -0.400 e. The monoisotopic (exact) mass is 577 g/mol. The third-order valence-corrected chi connectivity index (χ3v) is 7.63. The van der Waals surface area contributed by atoms with Crippen molar-refractivity contribution in [2.45, 2.75) is 58.6 Å². The molecule has 4 N–H and O–H groups in total. The Morgan fingerprint density at radius 2 is 1.88 bits per heavy atom. The zero-order valence-electron chi connectivity index (χ0n) is 23.8. The quantitative estimate of drug-likeness (QED) is 0.162. The number of nitrogens with zero attached hydrogens (tertiary/aromatic N) is 6. The number of rotatable bonds is 7. The minimum atomic E-state index is -1.05. The summed E-state index contributed by atoms with van der Waals surface area (Å²) in [5.74, 6) is 1.79. The number of aromatic nitrogens is 5. The Bertz CT molecular complexity index is 1550. The highest BCUT2D eigenvalue weighted by atomic mass is 35.5. The SMILES string of the molecule is CC1CCC(Cn2c(-c3cc(C(C)(C)O)ccn3)nc3nc(C(N)=NC=O)nc(-c4cccc(Cl)c4)c32)CC1.CO. The Morgan fingerprint density at radius 1 is 1.15 bits per heavy atom. The molecule has 0 unspecified atom stereocenters. The highest BCUT2D eigenvalue weighted by molar-refractivity contribution is 6.30. The fraction of sp³-hybridized carbons (Fsp3) is 0.400. The predicted octanol–water partition coefficient (Wildman–Crippen LogP) is 4.73. The lowest BCUT2D eigenvalue weighted by molar-refractivity contribution is -0.106. The van der Waals surface area contributed by atoms with Crippen molar-refractivity contribution in [2.24, 2.45) is 22.6 Å². The van der Waals surface area contributed by atoms with Crippen LogP contribution in [0, 0.1) is 11.8 Å². The molecule has 3 heterocycles. The van der Waals surface area contributed by atoms with E-state index in [1.165, 1.54) is 12.8 Å². The van der Waals surface area contributed by atoms with Crippen LogP contribution in [0.1, 0.15) is 57.8 Å². The van der Waals surface area contributed by atoms with Crippen molar-refractivity contribution >= 4 is 35.0 Å². The van der Waals surface area contributed by atoms with Crippen molar-refractivity contribution in [2.75, 3.05) is 7.11 Å². The van der Waals surface area contributed by atoms with Crippen LogP contribution < -0.4 is 5.73 Å². The lowest BCUT2D eigenvalue weighted by atomic mass is 9.83. The molecule has 0 bridgehead atoms. The largest absolute Gasteiger partial charge is 0.400 e. The van der Waals surface area contributed by atoms with Crippen LogP contribution in [0.15, 0.2) is 47.6 Å². The van der Waals surface area contributed by atoms with Gasteiger partial charge in [-0.25, -0.2) is 15.0 Å². The molecule has 41 heavy (non-hydrogen) atoms. The van der Waals surface area contributed by atoms with Gasteiger partial charge in [-0.05, 0) is 68.4 Å². The average Bonchev–Trinajstić information content (AvgIpc) is 3.32. The van der Waals surface area contributed by atoms with Gasteiger partial charge in [0.25, 0.3) is 0 Å². The van der Waals surface area contributed by atoms with E-state index in [2.05, 4.69) is 26.5 Å². The first-order valence-corrected chi connectivity index (χ1v) is 14.0. The minimum absolute atomic E-state index is 0.102. The number of hydrogen-bond acceptors (Lipinski definition) is 7. The average molecular weight is 578 g/mol. The number of imidazole rings is 1. The Morgan fingerprint density at radius 3 is 2.54 bits per heavy atom. The summed E-state index contributed by atoms with van der Waals surface area (Å²) in [6.07, 6.45) is 6.63.